The van der Waals surface area contributed by atoms with Crippen molar-refractivity contribution in [3.05, 3.63) is 105 Å². The van der Waals surface area contributed by atoms with Crippen molar-refractivity contribution >= 4 is 34.1 Å². The summed E-state index contributed by atoms with van der Waals surface area (Å²) >= 11 is 0. The number of hydrogen-bond acceptors (Lipinski definition) is 0. The first kappa shape index (κ1) is 18.6. The molecule has 6 rings (SSSR count). The summed E-state index contributed by atoms with van der Waals surface area (Å²) < 4.78 is 61.0. The third-order valence-electron chi connectivity index (χ3n) is 5.63. The Morgan fingerprint density at radius 2 is 0.812 bits per heavy atom. The molecule has 0 fully saturated rings. The molecule has 158 valence electrons. The van der Waals surface area contributed by atoms with Gasteiger partial charge in [0.25, 0.3) is 0 Å². The Bertz CT molecular complexity index is 1650. The fourth-order valence-corrected chi connectivity index (χ4v) is 4.04. The van der Waals surface area contributed by atoms with Gasteiger partial charge in [0, 0.05) is 10.8 Å². The van der Waals surface area contributed by atoms with E-state index in [1.807, 2.05) is 0 Å². The summed E-state index contributed by atoms with van der Waals surface area (Å²) in [5.41, 5.74) is 0.151. The molecule has 1 aliphatic rings. The van der Waals surface area contributed by atoms with Gasteiger partial charge in [-0.05, 0) is 36.4 Å². The summed E-state index contributed by atoms with van der Waals surface area (Å²) in [6.07, 6.45) is 0. The van der Waals surface area contributed by atoms with E-state index in [0.717, 1.165) is 0 Å². The highest BCUT2D eigenvalue weighted by Gasteiger charge is 2.19. The molecule has 8 heteroatoms. The zero-order valence-corrected chi connectivity index (χ0v) is 16.3. The van der Waals surface area contributed by atoms with Gasteiger partial charge in [-0.25, -0.2) is 17.6 Å². The van der Waals surface area contributed by atoms with Crippen LogP contribution in [-0.4, -0.2) is 19.9 Å². The number of H-pyrrole nitrogens is 4. The standard InChI is InChI=1S/C24H14F4N4/c25-19-13-5-6-14(29-13)20(26)16-8-10-18(31-16)22(28)24-12-4-2-1-3-11(12)23(32-24)21(27)17-9-7-15(19)30-17/h1-10,29-32H. The molecule has 0 aliphatic carbocycles. The Labute approximate surface area is 176 Å². The van der Waals surface area contributed by atoms with Crippen LogP contribution in [0.2, 0.25) is 0 Å². The van der Waals surface area contributed by atoms with Gasteiger partial charge in [0.15, 0.2) is 23.3 Å². The van der Waals surface area contributed by atoms with Gasteiger partial charge in [0.05, 0.1) is 44.2 Å². The number of nitrogens with one attached hydrogen (secondary N) is 4. The topological polar surface area (TPSA) is 63.2 Å². The van der Waals surface area contributed by atoms with Crippen LogP contribution in [0.5, 0.6) is 0 Å². The first-order chi connectivity index (χ1) is 15.5. The average molecular weight is 434 g/mol. The number of hydrogen-bond donors (Lipinski definition) is 4. The largest absolute Gasteiger partial charge is 0.351 e. The Kier molecular flexibility index (Phi) is 3.86. The Morgan fingerprint density at radius 1 is 0.406 bits per heavy atom. The van der Waals surface area contributed by atoms with Gasteiger partial charge in [0.1, 0.15) is 0 Å². The summed E-state index contributed by atoms with van der Waals surface area (Å²) in [6, 6.07) is 15.1. The van der Waals surface area contributed by atoms with E-state index in [1.54, 1.807) is 24.3 Å². The van der Waals surface area contributed by atoms with Crippen molar-refractivity contribution in [2.24, 2.45) is 0 Å². The van der Waals surface area contributed by atoms with Crippen LogP contribution in [0.3, 0.4) is 0 Å². The third-order valence-corrected chi connectivity index (χ3v) is 5.63. The van der Waals surface area contributed by atoms with Crippen molar-refractivity contribution in [2.75, 3.05) is 0 Å². The fraction of sp³-hybridized carbons (Fsp3) is 0. The highest BCUT2D eigenvalue weighted by atomic mass is 19.1. The number of aromatic nitrogens is 4. The molecule has 0 spiro atoms. The molecule has 0 atom stereocenters. The first-order valence-corrected chi connectivity index (χ1v) is 9.82. The maximum absolute atomic E-state index is 15.5. The maximum Gasteiger partial charge on any atom is 0.170 e. The van der Waals surface area contributed by atoms with E-state index in [0.29, 0.717) is 10.8 Å². The van der Waals surface area contributed by atoms with Crippen molar-refractivity contribution in [1.82, 2.24) is 19.9 Å². The van der Waals surface area contributed by atoms with E-state index in [2.05, 4.69) is 19.9 Å². The predicted molar refractivity (Wildman–Crippen MR) is 114 cm³/mol. The molecule has 4 aromatic heterocycles. The molecule has 0 unspecified atom stereocenters. The summed E-state index contributed by atoms with van der Waals surface area (Å²) in [6.45, 7) is 0. The minimum Gasteiger partial charge on any atom is -0.351 e. The van der Waals surface area contributed by atoms with E-state index >= 15 is 17.6 Å². The summed E-state index contributed by atoms with van der Waals surface area (Å²) in [4.78, 5) is 10.9. The smallest absolute Gasteiger partial charge is 0.170 e. The molecule has 0 radical (unpaired) electrons. The minimum absolute atomic E-state index is 0.0204. The summed E-state index contributed by atoms with van der Waals surface area (Å²) in [5.74, 6) is -2.77. The first-order valence-electron chi connectivity index (χ1n) is 9.82. The summed E-state index contributed by atoms with van der Waals surface area (Å²) in [7, 11) is 0. The monoisotopic (exact) mass is 434 g/mol. The second-order valence-electron chi connectivity index (χ2n) is 7.53. The van der Waals surface area contributed by atoms with Crippen molar-refractivity contribution in [2.45, 2.75) is 0 Å². The van der Waals surface area contributed by atoms with Crippen LogP contribution in [-0.2, 0) is 0 Å². The lowest BCUT2D eigenvalue weighted by molar-refractivity contribution is 0.727. The minimum atomic E-state index is -0.696. The third kappa shape index (κ3) is 2.62. The van der Waals surface area contributed by atoms with Crippen LogP contribution in [0.4, 0.5) is 17.6 Å². The highest BCUT2D eigenvalue weighted by Crippen LogP contribution is 2.30. The normalized spacial score (nSPS) is 14.0. The van der Waals surface area contributed by atoms with Gasteiger partial charge in [-0.15, -0.1) is 0 Å². The average Bonchev–Trinajstić information content (AvgIpc) is 3.61. The van der Waals surface area contributed by atoms with E-state index in [1.165, 1.54) is 36.4 Å². The molecule has 32 heavy (non-hydrogen) atoms. The van der Waals surface area contributed by atoms with E-state index in [9.17, 15) is 0 Å². The molecule has 4 N–H and O–H groups in total. The Balaban J connectivity index is 1.81. The second-order valence-corrected chi connectivity index (χ2v) is 7.53. The zero-order valence-electron chi connectivity index (χ0n) is 16.3. The fourth-order valence-electron chi connectivity index (χ4n) is 4.04. The molecule has 5 heterocycles. The van der Waals surface area contributed by atoms with Gasteiger partial charge in [0.2, 0.25) is 0 Å². The van der Waals surface area contributed by atoms with Gasteiger partial charge < -0.3 is 19.9 Å². The lowest BCUT2D eigenvalue weighted by Crippen LogP contribution is -2.15. The molecule has 0 saturated carbocycles. The summed E-state index contributed by atoms with van der Waals surface area (Å²) in [5, 5.41) is 0.996. The van der Waals surface area contributed by atoms with Crippen LogP contribution < -0.4 is 21.4 Å². The van der Waals surface area contributed by atoms with Crippen LogP contribution in [0.25, 0.3) is 34.1 Å². The number of benzene rings is 1. The lowest BCUT2D eigenvalue weighted by Gasteiger charge is -1.96. The number of aromatic amines is 4. The molecule has 1 aliphatic heterocycles. The molecule has 0 amide bonds. The lowest BCUT2D eigenvalue weighted by atomic mass is 10.1. The number of fused-ring (bicyclic) bond motifs is 11. The molecular weight excluding hydrogens is 420 g/mol. The van der Waals surface area contributed by atoms with Crippen LogP contribution in [0.1, 0.15) is 22.8 Å². The molecule has 8 bridgehead atoms. The zero-order chi connectivity index (χ0) is 22.0. The van der Waals surface area contributed by atoms with E-state index < -0.39 is 23.3 Å². The number of rotatable bonds is 0. The van der Waals surface area contributed by atoms with Crippen molar-refractivity contribution in [3.8, 4) is 0 Å². The molecule has 4 nitrogen and oxygen atoms in total. The Morgan fingerprint density at radius 3 is 1.25 bits per heavy atom. The van der Waals surface area contributed by atoms with Crippen LogP contribution >= 0.6 is 0 Å². The van der Waals surface area contributed by atoms with Crippen LogP contribution in [0, 0.1) is 0 Å². The second kappa shape index (κ2) is 6.65. The van der Waals surface area contributed by atoms with Crippen LogP contribution in [0.15, 0.2) is 60.7 Å². The van der Waals surface area contributed by atoms with Crippen molar-refractivity contribution in [1.29, 1.82) is 0 Å². The number of halogens is 4. The predicted octanol–water partition coefficient (Wildman–Crippen LogP) is 2.97. The quantitative estimate of drug-likeness (QED) is 0.271. The van der Waals surface area contributed by atoms with Gasteiger partial charge in [-0.1, -0.05) is 24.3 Å². The van der Waals surface area contributed by atoms with E-state index in [4.69, 9.17) is 0 Å². The van der Waals surface area contributed by atoms with Crippen molar-refractivity contribution < 1.29 is 17.6 Å². The van der Waals surface area contributed by atoms with Gasteiger partial charge >= 0.3 is 0 Å². The highest BCUT2D eigenvalue weighted by molar-refractivity contribution is 5.98. The maximum atomic E-state index is 15.5. The molecule has 0 saturated heterocycles. The van der Waals surface area contributed by atoms with Gasteiger partial charge in [-0.2, -0.15) is 0 Å². The Hall–Kier alpha value is -4.20. The molecule has 5 aromatic rings. The molecular formula is C24H14F4N4. The van der Waals surface area contributed by atoms with Crippen molar-refractivity contribution in [3.63, 3.8) is 0 Å². The van der Waals surface area contributed by atoms with Gasteiger partial charge in [-0.3, -0.25) is 0 Å². The SMILES string of the molecule is FC1=c2ccc([nH]2)=C(F)c2[nH]c(c3ccccc23)C(F)=c2ccc([nH]2)=C(F)c2ccc1[nH]2. The molecule has 1 aromatic carbocycles. The van der Waals surface area contributed by atoms with E-state index in [-0.39, 0.29) is 44.2 Å².